The minimum atomic E-state index is -0.153. The Labute approximate surface area is 92.6 Å². The first-order valence-corrected chi connectivity index (χ1v) is 6.08. The molecule has 1 atom stereocenters. The summed E-state index contributed by atoms with van der Waals surface area (Å²) in [6.07, 6.45) is 5.28. The van der Waals surface area contributed by atoms with E-state index >= 15 is 0 Å². The first kappa shape index (κ1) is 10.2. The first-order valence-electron chi connectivity index (χ1n) is 5.17. The van der Waals surface area contributed by atoms with Gasteiger partial charge in [0.1, 0.15) is 5.82 Å². The molecule has 0 amide bonds. The maximum absolute atomic E-state index is 12.7. The fraction of sp³-hybridized carbons (Fsp3) is 0.500. The molecule has 1 unspecified atom stereocenters. The van der Waals surface area contributed by atoms with Gasteiger partial charge in [-0.05, 0) is 36.5 Å². The molecule has 0 heterocycles. The van der Waals surface area contributed by atoms with Gasteiger partial charge in [-0.1, -0.05) is 40.9 Å². The second-order valence-electron chi connectivity index (χ2n) is 4.00. The molecule has 1 fully saturated rings. The third-order valence-corrected chi connectivity index (χ3v) is 4.28. The number of hydrogen-bond acceptors (Lipinski definition) is 0. The number of halogens is 2. The van der Waals surface area contributed by atoms with E-state index in [0.717, 1.165) is 5.92 Å². The second kappa shape index (κ2) is 4.43. The number of rotatable bonds is 2. The van der Waals surface area contributed by atoms with E-state index < -0.39 is 0 Å². The molecule has 1 aliphatic rings. The predicted octanol–water partition coefficient (Wildman–Crippen LogP) is 4.45. The van der Waals surface area contributed by atoms with E-state index in [4.69, 9.17) is 0 Å². The van der Waals surface area contributed by atoms with Crippen LogP contribution in [0.5, 0.6) is 0 Å². The molecule has 1 aromatic carbocycles. The molecule has 0 spiro atoms. The average Bonchev–Trinajstić information content (AvgIpc) is 2.71. The van der Waals surface area contributed by atoms with E-state index in [0.29, 0.717) is 4.83 Å². The summed E-state index contributed by atoms with van der Waals surface area (Å²) in [6.45, 7) is 0. The zero-order valence-electron chi connectivity index (χ0n) is 8.05. The summed E-state index contributed by atoms with van der Waals surface area (Å²) in [5.74, 6) is 0.584. The molecule has 2 rings (SSSR count). The fourth-order valence-corrected chi connectivity index (χ4v) is 3.00. The van der Waals surface area contributed by atoms with Crippen LogP contribution in [0.3, 0.4) is 0 Å². The van der Waals surface area contributed by atoms with Gasteiger partial charge in [0.05, 0.1) is 0 Å². The van der Waals surface area contributed by atoms with Gasteiger partial charge < -0.3 is 0 Å². The van der Waals surface area contributed by atoms with Crippen LogP contribution in [0.4, 0.5) is 4.39 Å². The van der Waals surface area contributed by atoms with Crippen LogP contribution in [0, 0.1) is 11.7 Å². The van der Waals surface area contributed by atoms with Gasteiger partial charge in [0.2, 0.25) is 0 Å². The van der Waals surface area contributed by atoms with E-state index in [1.807, 2.05) is 12.1 Å². The van der Waals surface area contributed by atoms with E-state index in [9.17, 15) is 4.39 Å². The second-order valence-corrected chi connectivity index (χ2v) is 4.98. The van der Waals surface area contributed by atoms with Gasteiger partial charge in [-0.2, -0.15) is 0 Å². The van der Waals surface area contributed by atoms with Crippen molar-refractivity contribution in [3.63, 3.8) is 0 Å². The van der Waals surface area contributed by atoms with Crippen molar-refractivity contribution >= 4 is 15.9 Å². The van der Waals surface area contributed by atoms with Gasteiger partial charge in [-0.25, -0.2) is 4.39 Å². The normalized spacial score (nSPS) is 19.9. The zero-order valence-corrected chi connectivity index (χ0v) is 9.63. The van der Waals surface area contributed by atoms with E-state index in [1.165, 1.54) is 31.2 Å². The lowest BCUT2D eigenvalue weighted by molar-refractivity contribution is 0.540. The monoisotopic (exact) mass is 256 g/mol. The van der Waals surface area contributed by atoms with E-state index in [1.54, 1.807) is 12.1 Å². The molecule has 2 heteroatoms. The SMILES string of the molecule is Fc1ccc(C(Br)C2CCCC2)cc1. The van der Waals surface area contributed by atoms with Crippen LogP contribution < -0.4 is 0 Å². The third kappa shape index (κ3) is 2.17. The van der Waals surface area contributed by atoms with Crippen LogP contribution >= 0.6 is 15.9 Å². The summed E-state index contributed by atoms with van der Waals surface area (Å²) < 4.78 is 12.7. The number of benzene rings is 1. The highest BCUT2D eigenvalue weighted by atomic mass is 79.9. The molecule has 76 valence electrons. The molecule has 0 nitrogen and oxygen atoms in total. The Hall–Kier alpha value is -0.370. The predicted molar refractivity (Wildman–Crippen MR) is 60.0 cm³/mol. The van der Waals surface area contributed by atoms with Crippen LogP contribution in [-0.4, -0.2) is 0 Å². The van der Waals surface area contributed by atoms with Crippen molar-refractivity contribution in [1.82, 2.24) is 0 Å². The molecule has 14 heavy (non-hydrogen) atoms. The van der Waals surface area contributed by atoms with Gasteiger partial charge in [0, 0.05) is 4.83 Å². The van der Waals surface area contributed by atoms with Crippen molar-refractivity contribution in [2.75, 3.05) is 0 Å². The average molecular weight is 257 g/mol. The largest absolute Gasteiger partial charge is 0.207 e. The van der Waals surface area contributed by atoms with Crippen LogP contribution in [0.25, 0.3) is 0 Å². The van der Waals surface area contributed by atoms with Crippen molar-refractivity contribution in [2.45, 2.75) is 30.5 Å². The minimum Gasteiger partial charge on any atom is -0.207 e. The quantitative estimate of drug-likeness (QED) is 0.686. The molecule has 0 aliphatic heterocycles. The lowest BCUT2D eigenvalue weighted by Gasteiger charge is -2.17. The molecule has 1 aromatic rings. The Morgan fingerprint density at radius 3 is 2.29 bits per heavy atom. The Kier molecular flexibility index (Phi) is 3.22. The van der Waals surface area contributed by atoms with Crippen molar-refractivity contribution < 1.29 is 4.39 Å². The van der Waals surface area contributed by atoms with E-state index in [2.05, 4.69) is 15.9 Å². The zero-order chi connectivity index (χ0) is 9.97. The highest BCUT2D eigenvalue weighted by Crippen LogP contribution is 2.40. The van der Waals surface area contributed by atoms with Gasteiger partial charge >= 0.3 is 0 Å². The van der Waals surface area contributed by atoms with Crippen LogP contribution in [-0.2, 0) is 0 Å². The summed E-state index contributed by atoms with van der Waals surface area (Å²) in [6, 6.07) is 6.84. The molecular weight excluding hydrogens is 243 g/mol. The summed E-state index contributed by atoms with van der Waals surface area (Å²) in [7, 11) is 0. The van der Waals surface area contributed by atoms with Crippen LogP contribution in [0.15, 0.2) is 24.3 Å². The van der Waals surface area contributed by atoms with Gasteiger partial charge in [-0.15, -0.1) is 0 Å². The molecule has 1 saturated carbocycles. The van der Waals surface area contributed by atoms with Crippen molar-refractivity contribution in [3.8, 4) is 0 Å². The summed E-state index contributed by atoms with van der Waals surface area (Å²) >= 11 is 3.71. The molecule has 0 bridgehead atoms. The number of hydrogen-bond donors (Lipinski definition) is 0. The molecular formula is C12H14BrF. The minimum absolute atomic E-state index is 0.153. The third-order valence-electron chi connectivity index (χ3n) is 3.00. The summed E-state index contributed by atoms with van der Waals surface area (Å²) in [4.78, 5) is 0.408. The van der Waals surface area contributed by atoms with Gasteiger partial charge in [0.15, 0.2) is 0 Å². The fourth-order valence-electron chi connectivity index (χ4n) is 2.17. The summed E-state index contributed by atoms with van der Waals surface area (Å²) in [5, 5.41) is 0. The number of alkyl halides is 1. The Morgan fingerprint density at radius 2 is 1.71 bits per heavy atom. The standard InChI is InChI=1S/C12H14BrF/c13-12(9-3-1-2-4-9)10-5-7-11(14)8-6-10/h5-9,12H,1-4H2. The Bertz CT molecular complexity index is 288. The Balaban J connectivity index is 2.09. The van der Waals surface area contributed by atoms with Crippen molar-refractivity contribution in [1.29, 1.82) is 0 Å². The highest BCUT2D eigenvalue weighted by molar-refractivity contribution is 9.09. The van der Waals surface area contributed by atoms with Crippen molar-refractivity contribution in [3.05, 3.63) is 35.6 Å². The maximum atomic E-state index is 12.7. The lowest BCUT2D eigenvalue weighted by Crippen LogP contribution is -2.02. The van der Waals surface area contributed by atoms with Gasteiger partial charge in [0.25, 0.3) is 0 Å². The lowest BCUT2D eigenvalue weighted by atomic mass is 9.98. The molecule has 0 radical (unpaired) electrons. The first-order chi connectivity index (χ1) is 6.77. The Morgan fingerprint density at radius 1 is 1.14 bits per heavy atom. The molecule has 1 aliphatic carbocycles. The molecule has 0 saturated heterocycles. The molecule has 0 N–H and O–H groups in total. The topological polar surface area (TPSA) is 0 Å². The van der Waals surface area contributed by atoms with Crippen LogP contribution in [0.2, 0.25) is 0 Å². The maximum Gasteiger partial charge on any atom is 0.123 e. The smallest absolute Gasteiger partial charge is 0.123 e. The summed E-state index contributed by atoms with van der Waals surface area (Å²) in [5.41, 5.74) is 1.21. The highest BCUT2D eigenvalue weighted by Gasteiger charge is 2.23. The molecule has 0 aromatic heterocycles. The van der Waals surface area contributed by atoms with Crippen LogP contribution in [0.1, 0.15) is 36.1 Å². The van der Waals surface area contributed by atoms with E-state index in [-0.39, 0.29) is 5.82 Å². The van der Waals surface area contributed by atoms with Gasteiger partial charge in [-0.3, -0.25) is 0 Å². The van der Waals surface area contributed by atoms with Crippen molar-refractivity contribution in [2.24, 2.45) is 5.92 Å².